The van der Waals surface area contributed by atoms with Crippen LogP contribution < -0.4 is 5.32 Å². The Labute approximate surface area is 148 Å². The highest BCUT2D eigenvalue weighted by molar-refractivity contribution is 6.29. The number of rotatable bonds is 8. The topological polar surface area (TPSA) is 63.1 Å². The second-order valence-corrected chi connectivity index (χ2v) is 5.65. The Kier molecular flexibility index (Phi) is 10.4. The Hall–Kier alpha value is -1.98. The molecular formula is C18H24ClN3O2. The summed E-state index contributed by atoms with van der Waals surface area (Å²) >= 11 is 6.10. The monoisotopic (exact) mass is 349 g/mol. The minimum atomic E-state index is -0.151. The molecule has 1 rings (SSSR count). The Morgan fingerprint density at radius 2 is 2.42 bits per heavy atom. The van der Waals surface area contributed by atoms with Gasteiger partial charge in [-0.2, -0.15) is 4.91 Å². The molecule has 0 aromatic rings. The number of allylic oxidation sites excluding steroid dienone is 5. The third-order valence-corrected chi connectivity index (χ3v) is 3.44. The van der Waals surface area contributed by atoms with Crippen molar-refractivity contribution in [2.45, 2.75) is 32.3 Å². The summed E-state index contributed by atoms with van der Waals surface area (Å²) in [5, 5.41) is 6.72. The van der Waals surface area contributed by atoms with E-state index in [1.54, 1.807) is 12.3 Å². The van der Waals surface area contributed by atoms with Crippen molar-refractivity contribution < 1.29 is 4.74 Å². The van der Waals surface area contributed by atoms with Crippen LogP contribution in [0.25, 0.3) is 0 Å². The molecule has 24 heavy (non-hydrogen) atoms. The number of aliphatic imine (C=N–C) groups is 1. The lowest BCUT2D eigenvalue weighted by atomic mass is 10.2. The van der Waals surface area contributed by atoms with E-state index in [2.05, 4.69) is 28.1 Å². The Bertz CT molecular complexity index is 563. The number of hydrogen-bond acceptors (Lipinski definition) is 5. The minimum Gasteiger partial charge on any atom is -0.372 e. The second kappa shape index (κ2) is 12.4. The summed E-state index contributed by atoms with van der Waals surface area (Å²) in [5.74, 6) is 0.703. The molecule has 0 aromatic carbocycles. The molecule has 0 amide bonds. The van der Waals surface area contributed by atoms with Crippen molar-refractivity contribution in [3.63, 3.8) is 0 Å². The van der Waals surface area contributed by atoms with E-state index in [0.717, 1.165) is 23.6 Å². The molecule has 1 aliphatic heterocycles. The molecule has 130 valence electrons. The van der Waals surface area contributed by atoms with E-state index >= 15 is 0 Å². The normalized spacial score (nSPS) is 23.8. The first-order valence-electron chi connectivity index (χ1n) is 7.88. The molecule has 0 radical (unpaired) electrons. The van der Waals surface area contributed by atoms with E-state index in [9.17, 15) is 4.91 Å². The van der Waals surface area contributed by atoms with Crippen molar-refractivity contribution in [3.05, 3.63) is 64.9 Å². The molecular weight excluding hydrogens is 326 g/mol. The molecule has 6 heteroatoms. The fraction of sp³-hybridized carbons (Fsp3) is 0.389. The Balaban J connectivity index is 2.63. The fourth-order valence-corrected chi connectivity index (χ4v) is 2.04. The van der Waals surface area contributed by atoms with Gasteiger partial charge in [0.25, 0.3) is 0 Å². The van der Waals surface area contributed by atoms with Gasteiger partial charge < -0.3 is 10.1 Å². The van der Waals surface area contributed by atoms with Crippen molar-refractivity contribution >= 4 is 17.4 Å². The van der Waals surface area contributed by atoms with Crippen LogP contribution in [0, 0.1) is 4.91 Å². The van der Waals surface area contributed by atoms with E-state index < -0.39 is 0 Å². The fourth-order valence-electron chi connectivity index (χ4n) is 1.88. The second-order valence-electron chi connectivity index (χ2n) is 5.16. The smallest absolute Gasteiger partial charge is 0.130 e. The van der Waals surface area contributed by atoms with Crippen LogP contribution >= 0.6 is 11.6 Å². The van der Waals surface area contributed by atoms with Crippen LogP contribution in [-0.4, -0.2) is 25.1 Å². The molecule has 0 saturated heterocycles. The molecule has 1 N–H and O–H groups in total. The summed E-state index contributed by atoms with van der Waals surface area (Å²) in [6.07, 6.45) is 15.4. The summed E-state index contributed by atoms with van der Waals surface area (Å²) in [6.45, 7) is 6.13. The summed E-state index contributed by atoms with van der Waals surface area (Å²) in [6, 6.07) is 0. The van der Waals surface area contributed by atoms with Crippen LogP contribution in [0.2, 0.25) is 0 Å². The number of nitrogens with zero attached hydrogens (tertiary/aromatic N) is 2. The highest BCUT2D eigenvalue weighted by Crippen LogP contribution is 2.11. The lowest BCUT2D eigenvalue weighted by Gasteiger charge is -2.12. The van der Waals surface area contributed by atoms with Crippen LogP contribution in [-0.2, 0) is 4.74 Å². The van der Waals surface area contributed by atoms with Crippen LogP contribution in [0.3, 0.4) is 0 Å². The molecule has 1 unspecified atom stereocenters. The molecule has 1 aliphatic rings. The van der Waals surface area contributed by atoms with Crippen LogP contribution in [0.5, 0.6) is 0 Å². The van der Waals surface area contributed by atoms with Gasteiger partial charge in [-0.25, -0.2) is 4.99 Å². The van der Waals surface area contributed by atoms with E-state index in [0.29, 0.717) is 18.9 Å². The highest BCUT2D eigenvalue weighted by atomic mass is 35.5. The van der Waals surface area contributed by atoms with Gasteiger partial charge in [0.15, 0.2) is 0 Å². The number of nitroso groups, excluding NO2 is 1. The molecule has 0 aliphatic carbocycles. The lowest BCUT2D eigenvalue weighted by Crippen LogP contribution is -2.20. The molecule has 0 spiro atoms. The molecule has 1 heterocycles. The quantitative estimate of drug-likeness (QED) is 0.396. The van der Waals surface area contributed by atoms with Gasteiger partial charge in [0.1, 0.15) is 12.4 Å². The zero-order valence-electron chi connectivity index (χ0n) is 14.0. The minimum absolute atomic E-state index is 0.146. The molecule has 0 aromatic heterocycles. The Morgan fingerprint density at radius 1 is 1.58 bits per heavy atom. The summed E-state index contributed by atoms with van der Waals surface area (Å²) < 4.78 is 5.49. The Morgan fingerprint density at radius 3 is 3.17 bits per heavy atom. The first-order valence-corrected chi connectivity index (χ1v) is 8.26. The van der Waals surface area contributed by atoms with E-state index in [1.165, 1.54) is 0 Å². The molecule has 5 nitrogen and oxygen atoms in total. The standard InChI is InChI=1S/C18H24ClN3O2/c1-3-17(24-13-12-21-23)11-10-15(2)22-18-9-7-5-4-6-8-16(19)14-20-18/h3-5,7,9-10,14,17H,1,6,8,11-13H2,2H3,(H,20,22)/b5-4+,9-7-,15-10+,16-14-. The number of amidine groups is 1. The third kappa shape index (κ3) is 9.22. The van der Waals surface area contributed by atoms with Gasteiger partial charge in [0.05, 0.1) is 12.7 Å². The number of nitrogens with one attached hydrogen (secondary N) is 1. The van der Waals surface area contributed by atoms with Crippen molar-refractivity contribution in [1.82, 2.24) is 5.32 Å². The number of ether oxygens (including phenoxy) is 1. The first-order chi connectivity index (χ1) is 11.7. The molecule has 0 fully saturated rings. The van der Waals surface area contributed by atoms with Crippen molar-refractivity contribution in [2.24, 2.45) is 10.2 Å². The van der Waals surface area contributed by atoms with Gasteiger partial charge >= 0.3 is 0 Å². The molecule has 1 atom stereocenters. The van der Waals surface area contributed by atoms with Gasteiger partial charge in [0.2, 0.25) is 0 Å². The van der Waals surface area contributed by atoms with Gasteiger partial charge in [-0.3, -0.25) is 0 Å². The zero-order chi connectivity index (χ0) is 17.6. The van der Waals surface area contributed by atoms with Gasteiger partial charge in [-0.1, -0.05) is 47.2 Å². The maximum Gasteiger partial charge on any atom is 0.130 e. The van der Waals surface area contributed by atoms with Crippen molar-refractivity contribution in [3.8, 4) is 0 Å². The zero-order valence-corrected chi connectivity index (χ0v) is 14.7. The largest absolute Gasteiger partial charge is 0.372 e. The van der Waals surface area contributed by atoms with E-state index in [4.69, 9.17) is 16.3 Å². The van der Waals surface area contributed by atoms with Gasteiger partial charge in [-0.05, 0) is 32.3 Å². The van der Waals surface area contributed by atoms with Crippen molar-refractivity contribution in [2.75, 3.05) is 13.2 Å². The first kappa shape index (κ1) is 20.1. The van der Waals surface area contributed by atoms with Crippen LogP contribution in [0.15, 0.2) is 70.1 Å². The third-order valence-electron chi connectivity index (χ3n) is 3.15. The number of hydrogen-bond donors (Lipinski definition) is 1. The van der Waals surface area contributed by atoms with E-state index in [1.807, 2.05) is 31.2 Å². The summed E-state index contributed by atoms with van der Waals surface area (Å²) in [4.78, 5) is 14.4. The number of halogens is 1. The maximum absolute atomic E-state index is 10.1. The maximum atomic E-state index is 10.1. The average molecular weight is 350 g/mol. The van der Waals surface area contributed by atoms with E-state index in [-0.39, 0.29) is 12.6 Å². The lowest BCUT2D eigenvalue weighted by molar-refractivity contribution is 0.0937. The van der Waals surface area contributed by atoms with Crippen LogP contribution in [0.4, 0.5) is 0 Å². The predicted molar refractivity (Wildman–Crippen MR) is 101 cm³/mol. The van der Waals surface area contributed by atoms with Gasteiger partial charge in [-0.15, -0.1) is 6.58 Å². The highest BCUT2D eigenvalue weighted by Gasteiger charge is 2.03. The van der Waals surface area contributed by atoms with Crippen molar-refractivity contribution in [1.29, 1.82) is 0 Å². The molecule has 0 saturated carbocycles. The van der Waals surface area contributed by atoms with Crippen LogP contribution in [0.1, 0.15) is 26.2 Å². The summed E-state index contributed by atoms with van der Waals surface area (Å²) in [7, 11) is 0. The summed E-state index contributed by atoms with van der Waals surface area (Å²) in [5.41, 5.74) is 0.938. The van der Waals surface area contributed by atoms with Gasteiger partial charge in [0, 0.05) is 16.9 Å². The predicted octanol–water partition coefficient (Wildman–Crippen LogP) is 4.59. The average Bonchev–Trinajstić information content (AvgIpc) is 2.58. The molecule has 0 bridgehead atoms. The SMILES string of the molecule is C=CC(C/C=C(\C)NC1=N/C=C(\Cl)CC/C=C/C=C\1)OCCN=O.